The molecule has 0 bridgehead atoms. The average molecular weight is 159 g/mol. The Hall–Kier alpha value is -1.31. The minimum Gasteiger partial charge on any atom is -0.385 e. The Morgan fingerprint density at radius 2 is 2.50 bits per heavy atom. The van der Waals surface area contributed by atoms with Gasteiger partial charge in [-0.15, -0.1) is 0 Å². The number of rotatable bonds is 1. The van der Waals surface area contributed by atoms with Crippen LogP contribution in [-0.2, 0) is 13.0 Å². The first kappa shape index (κ1) is 7.35. The van der Waals surface area contributed by atoms with Crippen LogP contribution in [0.25, 0.3) is 6.08 Å². The average Bonchev–Trinajstić information content (AvgIpc) is 2.17. The van der Waals surface area contributed by atoms with Crippen LogP contribution in [0, 0.1) is 6.92 Å². The van der Waals surface area contributed by atoms with Gasteiger partial charge in [0.2, 0.25) is 0 Å². The summed E-state index contributed by atoms with van der Waals surface area (Å²) in [7, 11) is 0. The van der Waals surface area contributed by atoms with E-state index >= 15 is 0 Å². The van der Waals surface area contributed by atoms with Crippen molar-refractivity contribution < 1.29 is 0 Å². The predicted octanol–water partition coefficient (Wildman–Crippen LogP) is 1.53. The smallest absolute Gasteiger partial charge is 0.0667 e. The molecule has 0 fully saturated rings. The summed E-state index contributed by atoms with van der Waals surface area (Å²) in [5.41, 5.74) is 3.53. The highest BCUT2D eigenvalue weighted by molar-refractivity contribution is 5.54. The molecule has 1 radical (unpaired) electrons. The van der Waals surface area contributed by atoms with Crippen LogP contribution in [0.15, 0.2) is 18.5 Å². The summed E-state index contributed by atoms with van der Waals surface area (Å²) < 4.78 is 0. The molecule has 2 rings (SSSR count). The fourth-order valence-electron chi connectivity index (χ4n) is 1.29. The van der Waals surface area contributed by atoms with E-state index in [4.69, 9.17) is 0 Å². The minimum atomic E-state index is 0.807. The largest absolute Gasteiger partial charge is 0.385 e. The molecule has 1 aromatic heterocycles. The molecule has 0 amide bonds. The SMILES string of the molecule is [CH2]Cc1cnc2c(c1)C=CNC2. The molecule has 2 heteroatoms. The number of nitrogens with zero attached hydrogens (tertiary/aromatic N) is 1. The van der Waals surface area contributed by atoms with Crippen LogP contribution in [0.3, 0.4) is 0 Å². The number of nitrogens with one attached hydrogen (secondary N) is 1. The molecule has 0 atom stereocenters. The topological polar surface area (TPSA) is 24.9 Å². The minimum absolute atomic E-state index is 0.807. The molecule has 0 unspecified atom stereocenters. The fourth-order valence-corrected chi connectivity index (χ4v) is 1.29. The van der Waals surface area contributed by atoms with Gasteiger partial charge < -0.3 is 5.32 Å². The molecule has 0 saturated heterocycles. The van der Waals surface area contributed by atoms with Crippen molar-refractivity contribution >= 4 is 6.08 Å². The van der Waals surface area contributed by atoms with Crippen molar-refractivity contribution in [2.24, 2.45) is 0 Å². The fraction of sp³-hybridized carbons (Fsp3) is 0.200. The van der Waals surface area contributed by atoms with Crippen LogP contribution in [0.1, 0.15) is 16.8 Å². The maximum absolute atomic E-state index is 4.34. The number of pyridine rings is 1. The Bertz CT molecular complexity index is 316. The van der Waals surface area contributed by atoms with Crippen molar-refractivity contribution in [2.45, 2.75) is 13.0 Å². The van der Waals surface area contributed by atoms with Crippen molar-refractivity contribution in [2.75, 3.05) is 0 Å². The molecule has 2 nitrogen and oxygen atoms in total. The molecule has 1 aliphatic heterocycles. The molecule has 0 aliphatic carbocycles. The van der Waals surface area contributed by atoms with Gasteiger partial charge in [-0.2, -0.15) is 0 Å². The van der Waals surface area contributed by atoms with Gasteiger partial charge in [0, 0.05) is 6.20 Å². The number of fused-ring (bicyclic) bond motifs is 1. The number of hydrogen-bond acceptors (Lipinski definition) is 2. The van der Waals surface area contributed by atoms with Crippen molar-refractivity contribution in [3.8, 4) is 0 Å². The highest BCUT2D eigenvalue weighted by Crippen LogP contribution is 2.13. The second-order valence-electron chi connectivity index (χ2n) is 2.84. The van der Waals surface area contributed by atoms with Gasteiger partial charge in [0.25, 0.3) is 0 Å². The normalized spacial score (nSPS) is 13.8. The zero-order valence-electron chi connectivity index (χ0n) is 6.88. The van der Waals surface area contributed by atoms with E-state index in [9.17, 15) is 0 Å². The summed E-state index contributed by atoms with van der Waals surface area (Å²) in [5.74, 6) is 0. The van der Waals surface area contributed by atoms with Crippen molar-refractivity contribution in [1.29, 1.82) is 0 Å². The monoisotopic (exact) mass is 159 g/mol. The van der Waals surface area contributed by atoms with E-state index in [1.54, 1.807) is 0 Å². The zero-order chi connectivity index (χ0) is 8.39. The van der Waals surface area contributed by atoms with Crippen LogP contribution in [-0.4, -0.2) is 4.98 Å². The van der Waals surface area contributed by atoms with Crippen molar-refractivity contribution in [3.05, 3.63) is 42.2 Å². The first-order valence-corrected chi connectivity index (χ1v) is 4.07. The summed E-state index contributed by atoms with van der Waals surface area (Å²) in [6.45, 7) is 4.66. The van der Waals surface area contributed by atoms with Gasteiger partial charge in [-0.25, -0.2) is 0 Å². The Morgan fingerprint density at radius 3 is 3.33 bits per heavy atom. The van der Waals surface area contributed by atoms with Gasteiger partial charge in [-0.1, -0.05) is 0 Å². The molecule has 61 valence electrons. The van der Waals surface area contributed by atoms with E-state index in [0.717, 1.165) is 18.7 Å². The molecule has 12 heavy (non-hydrogen) atoms. The molecule has 1 N–H and O–H groups in total. The van der Waals surface area contributed by atoms with Gasteiger partial charge in [0.05, 0.1) is 12.2 Å². The summed E-state index contributed by atoms with van der Waals surface area (Å²) in [5, 5.41) is 3.12. The van der Waals surface area contributed by atoms with Crippen molar-refractivity contribution in [1.82, 2.24) is 10.3 Å². The van der Waals surface area contributed by atoms with Crippen molar-refractivity contribution in [3.63, 3.8) is 0 Å². The lowest BCUT2D eigenvalue weighted by Crippen LogP contribution is -2.12. The first-order chi connectivity index (χ1) is 5.90. The van der Waals surface area contributed by atoms with Crippen LogP contribution in [0.2, 0.25) is 0 Å². The molecule has 1 aliphatic rings. The molecule has 0 spiro atoms. The van der Waals surface area contributed by atoms with E-state index in [-0.39, 0.29) is 0 Å². The van der Waals surface area contributed by atoms with E-state index in [1.165, 1.54) is 11.1 Å². The Balaban J connectivity index is 2.44. The molecular weight excluding hydrogens is 148 g/mol. The lowest BCUT2D eigenvalue weighted by molar-refractivity contribution is 0.820. The third-order valence-electron chi connectivity index (χ3n) is 2.00. The van der Waals surface area contributed by atoms with Gasteiger partial charge >= 0.3 is 0 Å². The Morgan fingerprint density at radius 1 is 1.58 bits per heavy atom. The first-order valence-electron chi connectivity index (χ1n) is 4.07. The van der Waals surface area contributed by atoms with Gasteiger partial charge in [-0.3, -0.25) is 4.98 Å². The summed E-state index contributed by atoms with van der Waals surface area (Å²) >= 11 is 0. The van der Waals surface area contributed by atoms with Crippen LogP contribution >= 0.6 is 0 Å². The molecule has 2 heterocycles. The Labute approximate surface area is 72.3 Å². The molecular formula is C10H11N2. The van der Waals surface area contributed by atoms with Gasteiger partial charge in [-0.05, 0) is 42.8 Å². The van der Waals surface area contributed by atoms with Gasteiger partial charge in [0.15, 0.2) is 0 Å². The maximum atomic E-state index is 4.34. The third-order valence-corrected chi connectivity index (χ3v) is 2.00. The predicted molar refractivity (Wildman–Crippen MR) is 49.2 cm³/mol. The highest BCUT2D eigenvalue weighted by Gasteiger charge is 2.04. The van der Waals surface area contributed by atoms with Crippen LogP contribution < -0.4 is 5.32 Å². The quantitative estimate of drug-likeness (QED) is 0.672. The zero-order valence-corrected chi connectivity index (χ0v) is 6.88. The van der Waals surface area contributed by atoms with Crippen LogP contribution in [0.5, 0.6) is 0 Å². The summed E-state index contributed by atoms with van der Waals surface area (Å²) in [4.78, 5) is 4.34. The second kappa shape index (κ2) is 2.97. The molecule has 0 aromatic carbocycles. The highest BCUT2D eigenvalue weighted by atomic mass is 14.9. The van der Waals surface area contributed by atoms with Crippen LogP contribution in [0.4, 0.5) is 0 Å². The van der Waals surface area contributed by atoms with E-state index in [0.29, 0.717) is 0 Å². The Kier molecular flexibility index (Phi) is 1.82. The standard InChI is InChI=1S/C10H11N2/c1-2-8-5-9-3-4-11-7-10(9)12-6-8/h3-6,11H,1-2,7H2. The summed E-state index contributed by atoms with van der Waals surface area (Å²) in [6.07, 6.45) is 6.70. The third kappa shape index (κ3) is 1.20. The van der Waals surface area contributed by atoms with E-state index in [2.05, 4.69) is 23.3 Å². The number of hydrogen-bond donors (Lipinski definition) is 1. The lowest BCUT2D eigenvalue weighted by atomic mass is 10.1. The molecule has 1 aromatic rings. The number of aromatic nitrogens is 1. The maximum Gasteiger partial charge on any atom is 0.0667 e. The molecule has 0 saturated carbocycles. The lowest BCUT2D eigenvalue weighted by Gasteiger charge is -2.11. The second-order valence-corrected chi connectivity index (χ2v) is 2.84. The van der Waals surface area contributed by atoms with Gasteiger partial charge in [0.1, 0.15) is 0 Å². The summed E-state index contributed by atoms with van der Waals surface area (Å²) in [6, 6.07) is 2.15. The van der Waals surface area contributed by atoms with E-state index in [1.807, 2.05) is 18.5 Å². The van der Waals surface area contributed by atoms with E-state index < -0.39 is 0 Å².